The molecule has 20 heavy (non-hydrogen) atoms. The van der Waals surface area contributed by atoms with Gasteiger partial charge in [0.15, 0.2) is 0 Å². The van der Waals surface area contributed by atoms with Crippen molar-refractivity contribution < 1.29 is 9.72 Å². The lowest BCUT2D eigenvalue weighted by atomic mass is 9.97. The molecule has 1 saturated heterocycles. The van der Waals surface area contributed by atoms with Crippen LogP contribution in [0.4, 0.5) is 5.69 Å². The van der Waals surface area contributed by atoms with E-state index in [0.29, 0.717) is 12.1 Å². The number of carbonyl (C=O) groups excluding carboxylic acids is 1. The molecule has 1 aromatic rings. The molecule has 2 atom stereocenters. The molecule has 1 aliphatic heterocycles. The zero-order valence-corrected chi connectivity index (χ0v) is 11.7. The summed E-state index contributed by atoms with van der Waals surface area (Å²) in [4.78, 5) is 24.7. The highest BCUT2D eigenvalue weighted by molar-refractivity contribution is 5.96. The maximum atomic E-state index is 12.6. The summed E-state index contributed by atoms with van der Waals surface area (Å²) in [5.41, 5.74) is 6.99. The summed E-state index contributed by atoms with van der Waals surface area (Å²) in [5.74, 6) is -0.148. The third-order valence-electron chi connectivity index (χ3n) is 3.84. The molecule has 0 aliphatic carbocycles. The van der Waals surface area contributed by atoms with Gasteiger partial charge in [-0.05, 0) is 32.3 Å². The minimum absolute atomic E-state index is 0.0553. The first-order valence-electron chi connectivity index (χ1n) is 6.71. The maximum absolute atomic E-state index is 12.6. The van der Waals surface area contributed by atoms with Gasteiger partial charge < -0.3 is 10.6 Å². The van der Waals surface area contributed by atoms with Crippen LogP contribution in [0.15, 0.2) is 18.2 Å². The molecule has 2 unspecified atom stereocenters. The number of nitrogens with two attached hydrogens (primary N) is 1. The van der Waals surface area contributed by atoms with Crippen LogP contribution in [-0.2, 0) is 0 Å². The molecule has 1 amide bonds. The second-order valence-electron chi connectivity index (χ2n) is 5.39. The SMILES string of the molecule is Cc1ccc([N+](=O)[O-])cc1C(=O)N1CCC(N)CC1C. The fraction of sp³-hybridized carbons (Fsp3) is 0.500. The topological polar surface area (TPSA) is 89.5 Å². The number of benzene rings is 1. The number of non-ortho nitro benzene ring substituents is 1. The van der Waals surface area contributed by atoms with Crippen LogP contribution in [0.2, 0.25) is 0 Å². The second kappa shape index (κ2) is 5.58. The number of likely N-dealkylation sites (tertiary alicyclic amines) is 1. The van der Waals surface area contributed by atoms with E-state index in [1.165, 1.54) is 12.1 Å². The average molecular weight is 277 g/mol. The van der Waals surface area contributed by atoms with Gasteiger partial charge in [-0.25, -0.2) is 0 Å². The van der Waals surface area contributed by atoms with Gasteiger partial charge in [0.1, 0.15) is 0 Å². The van der Waals surface area contributed by atoms with Gasteiger partial charge in [-0.15, -0.1) is 0 Å². The summed E-state index contributed by atoms with van der Waals surface area (Å²) >= 11 is 0. The number of piperidine rings is 1. The summed E-state index contributed by atoms with van der Waals surface area (Å²) in [7, 11) is 0. The molecule has 1 aliphatic rings. The molecule has 1 fully saturated rings. The summed E-state index contributed by atoms with van der Waals surface area (Å²) in [6.45, 7) is 4.35. The van der Waals surface area contributed by atoms with Crippen LogP contribution in [0, 0.1) is 17.0 Å². The molecule has 0 spiro atoms. The minimum atomic E-state index is -0.480. The van der Waals surface area contributed by atoms with Gasteiger partial charge in [0.2, 0.25) is 0 Å². The number of nitrogens with zero attached hydrogens (tertiary/aromatic N) is 2. The van der Waals surface area contributed by atoms with Gasteiger partial charge >= 0.3 is 0 Å². The van der Waals surface area contributed by atoms with Gasteiger partial charge in [0, 0.05) is 36.3 Å². The summed E-state index contributed by atoms with van der Waals surface area (Å²) in [6, 6.07) is 4.58. The maximum Gasteiger partial charge on any atom is 0.270 e. The van der Waals surface area contributed by atoms with Crippen LogP contribution in [0.3, 0.4) is 0 Å². The van der Waals surface area contributed by atoms with Crippen LogP contribution in [0.25, 0.3) is 0 Å². The van der Waals surface area contributed by atoms with Crippen LogP contribution >= 0.6 is 0 Å². The van der Waals surface area contributed by atoms with E-state index in [1.54, 1.807) is 17.9 Å². The molecular formula is C14H19N3O3. The van der Waals surface area contributed by atoms with Gasteiger partial charge in [-0.2, -0.15) is 0 Å². The number of hydrogen-bond acceptors (Lipinski definition) is 4. The molecule has 0 aromatic heterocycles. The van der Waals surface area contributed by atoms with Gasteiger partial charge in [0.05, 0.1) is 4.92 Å². The fourth-order valence-electron chi connectivity index (χ4n) is 2.62. The van der Waals surface area contributed by atoms with Crippen LogP contribution in [0.5, 0.6) is 0 Å². The zero-order valence-electron chi connectivity index (χ0n) is 11.7. The second-order valence-corrected chi connectivity index (χ2v) is 5.39. The highest BCUT2D eigenvalue weighted by atomic mass is 16.6. The predicted octanol–water partition coefficient (Wildman–Crippen LogP) is 1.86. The predicted molar refractivity (Wildman–Crippen MR) is 75.5 cm³/mol. The highest BCUT2D eigenvalue weighted by Gasteiger charge is 2.29. The molecular weight excluding hydrogens is 258 g/mol. The van der Waals surface area contributed by atoms with E-state index >= 15 is 0 Å². The molecule has 108 valence electrons. The van der Waals surface area contributed by atoms with E-state index in [1.807, 2.05) is 6.92 Å². The monoisotopic (exact) mass is 277 g/mol. The molecule has 0 bridgehead atoms. The van der Waals surface area contributed by atoms with E-state index in [9.17, 15) is 14.9 Å². The Hall–Kier alpha value is -1.95. The van der Waals surface area contributed by atoms with Crippen molar-refractivity contribution in [3.05, 3.63) is 39.4 Å². The number of rotatable bonds is 2. The lowest BCUT2D eigenvalue weighted by Crippen LogP contribution is -2.48. The Kier molecular flexibility index (Phi) is 4.04. The smallest absolute Gasteiger partial charge is 0.270 e. The standard InChI is InChI=1S/C14H19N3O3/c1-9-3-4-12(17(19)20)8-13(9)14(18)16-6-5-11(15)7-10(16)2/h3-4,8,10-11H,5-7,15H2,1-2H3. The van der Waals surface area contributed by atoms with Gasteiger partial charge in [0.25, 0.3) is 11.6 Å². The molecule has 2 rings (SSSR count). The van der Waals surface area contributed by atoms with Crippen molar-refractivity contribution in [2.45, 2.75) is 38.8 Å². The van der Waals surface area contributed by atoms with Crippen LogP contribution in [0.1, 0.15) is 35.7 Å². The van der Waals surface area contributed by atoms with Crippen molar-refractivity contribution >= 4 is 11.6 Å². The summed E-state index contributed by atoms with van der Waals surface area (Å²) < 4.78 is 0. The van der Waals surface area contributed by atoms with Gasteiger partial charge in [-0.1, -0.05) is 6.07 Å². The Bertz CT molecular complexity index is 544. The van der Waals surface area contributed by atoms with Crippen LogP contribution in [-0.4, -0.2) is 34.4 Å². The van der Waals surface area contributed by atoms with E-state index in [4.69, 9.17) is 5.73 Å². The Morgan fingerprint density at radius 3 is 2.80 bits per heavy atom. The van der Waals surface area contributed by atoms with Crippen molar-refractivity contribution in [2.24, 2.45) is 5.73 Å². The first-order chi connectivity index (χ1) is 9.40. The van der Waals surface area contributed by atoms with E-state index < -0.39 is 4.92 Å². The molecule has 0 saturated carbocycles. The zero-order chi connectivity index (χ0) is 14.9. The van der Waals surface area contributed by atoms with Crippen LogP contribution < -0.4 is 5.73 Å². The van der Waals surface area contributed by atoms with Gasteiger partial charge in [-0.3, -0.25) is 14.9 Å². The van der Waals surface area contributed by atoms with E-state index in [0.717, 1.165) is 18.4 Å². The van der Waals surface area contributed by atoms with Crippen molar-refractivity contribution in [2.75, 3.05) is 6.54 Å². The average Bonchev–Trinajstić information content (AvgIpc) is 2.38. The van der Waals surface area contributed by atoms with Crippen molar-refractivity contribution in [1.29, 1.82) is 0 Å². The number of nitro groups is 1. The van der Waals surface area contributed by atoms with Crippen molar-refractivity contribution in [1.82, 2.24) is 4.90 Å². The Labute approximate surface area is 117 Å². The lowest BCUT2D eigenvalue weighted by molar-refractivity contribution is -0.384. The van der Waals surface area contributed by atoms with E-state index in [-0.39, 0.29) is 23.7 Å². The number of hydrogen-bond donors (Lipinski definition) is 1. The Balaban J connectivity index is 2.29. The lowest BCUT2D eigenvalue weighted by Gasteiger charge is -2.36. The highest BCUT2D eigenvalue weighted by Crippen LogP contribution is 2.23. The number of amides is 1. The van der Waals surface area contributed by atoms with Crippen molar-refractivity contribution in [3.8, 4) is 0 Å². The quantitative estimate of drug-likeness (QED) is 0.660. The molecule has 0 radical (unpaired) electrons. The fourth-order valence-corrected chi connectivity index (χ4v) is 2.62. The van der Waals surface area contributed by atoms with Crippen molar-refractivity contribution in [3.63, 3.8) is 0 Å². The summed E-state index contributed by atoms with van der Waals surface area (Å²) in [5, 5.41) is 10.8. The van der Waals surface area contributed by atoms with E-state index in [2.05, 4.69) is 0 Å². The third-order valence-corrected chi connectivity index (χ3v) is 3.84. The third kappa shape index (κ3) is 2.80. The first kappa shape index (κ1) is 14.5. The normalized spacial score (nSPS) is 22.6. The Morgan fingerprint density at radius 2 is 2.20 bits per heavy atom. The minimum Gasteiger partial charge on any atom is -0.336 e. The number of nitro benzene ring substituents is 1. The molecule has 1 aromatic carbocycles. The Morgan fingerprint density at radius 1 is 1.50 bits per heavy atom. The summed E-state index contributed by atoms with van der Waals surface area (Å²) in [6.07, 6.45) is 1.53. The molecule has 6 heteroatoms. The number of aryl methyl sites for hydroxylation is 1. The molecule has 2 N–H and O–H groups in total. The first-order valence-corrected chi connectivity index (χ1v) is 6.71. The molecule has 1 heterocycles. The largest absolute Gasteiger partial charge is 0.336 e. The molecule has 6 nitrogen and oxygen atoms in total. The number of carbonyl (C=O) groups is 1.